The van der Waals surface area contributed by atoms with E-state index in [-0.39, 0.29) is 5.91 Å². The van der Waals surface area contributed by atoms with E-state index in [1.165, 1.54) is 32.4 Å². The maximum atomic E-state index is 12.8. The fourth-order valence-electron chi connectivity index (χ4n) is 3.70. The van der Waals surface area contributed by atoms with Crippen LogP contribution in [0.5, 0.6) is 5.75 Å². The Hall–Kier alpha value is -1.59. The van der Waals surface area contributed by atoms with Crippen LogP contribution in [0.3, 0.4) is 0 Å². The molecule has 1 heterocycles. The molecule has 0 bridgehead atoms. The Balaban J connectivity index is 1.84. The molecule has 1 aliphatic heterocycles. The van der Waals surface area contributed by atoms with Crippen molar-refractivity contribution in [1.29, 1.82) is 0 Å². The first-order valence-electron chi connectivity index (χ1n) is 10.8. The van der Waals surface area contributed by atoms with Crippen LogP contribution in [0.4, 0.5) is 5.69 Å². The van der Waals surface area contributed by atoms with Gasteiger partial charge in [0.05, 0.1) is 0 Å². The van der Waals surface area contributed by atoms with Crippen molar-refractivity contribution in [2.45, 2.75) is 65.4 Å². The van der Waals surface area contributed by atoms with Crippen LogP contribution < -0.4 is 10.1 Å². The summed E-state index contributed by atoms with van der Waals surface area (Å²) in [5.74, 6) is 1.12. The van der Waals surface area contributed by atoms with Crippen LogP contribution in [0.25, 0.3) is 0 Å². The largest absolute Gasteiger partial charge is 0.492 e. The minimum absolute atomic E-state index is 0.0894. The summed E-state index contributed by atoms with van der Waals surface area (Å²) in [6, 6.07) is 7.62. The lowest BCUT2D eigenvalue weighted by Gasteiger charge is -2.30. The van der Waals surface area contributed by atoms with Crippen molar-refractivity contribution in [2.24, 2.45) is 5.92 Å². The van der Waals surface area contributed by atoms with Gasteiger partial charge >= 0.3 is 0 Å². The highest BCUT2D eigenvalue weighted by Crippen LogP contribution is 2.24. The van der Waals surface area contributed by atoms with Gasteiger partial charge in [0.2, 0.25) is 0 Å². The molecule has 2 rings (SSSR count). The maximum absolute atomic E-state index is 12.8. The number of nitrogens with zero attached hydrogens (tertiary/aromatic N) is 1. The van der Waals surface area contributed by atoms with E-state index in [4.69, 9.17) is 9.47 Å². The SMILES string of the molecule is CCCO[C@](C)(CC(C)C)C(=O)Nc1ccc(OCCN2CCCCC2)cc1. The van der Waals surface area contributed by atoms with Crippen molar-refractivity contribution >= 4 is 11.6 Å². The second-order valence-corrected chi connectivity index (χ2v) is 8.41. The highest BCUT2D eigenvalue weighted by molar-refractivity contribution is 5.97. The molecule has 1 N–H and O–H groups in total. The van der Waals surface area contributed by atoms with Crippen molar-refractivity contribution in [3.63, 3.8) is 0 Å². The molecule has 1 aromatic carbocycles. The van der Waals surface area contributed by atoms with Crippen molar-refractivity contribution in [3.8, 4) is 5.75 Å². The zero-order valence-electron chi connectivity index (χ0n) is 18.1. The summed E-state index contributed by atoms with van der Waals surface area (Å²) in [6.07, 6.45) is 5.53. The van der Waals surface area contributed by atoms with E-state index in [0.29, 0.717) is 25.6 Å². The predicted octanol–water partition coefficient (Wildman–Crippen LogP) is 4.72. The summed E-state index contributed by atoms with van der Waals surface area (Å²) < 4.78 is 11.8. The molecule has 28 heavy (non-hydrogen) atoms. The summed E-state index contributed by atoms with van der Waals surface area (Å²) in [6.45, 7) is 12.8. The van der Waals surface area contributed by atoms with E-state index in [9.17, 15) is 4.79 Å². The molecule has 1 aliphatic rings. The molecule has 0 radical (unpaired) electrons. The van der Waals surface area contributed by atoms with Gasteiger partial charge in [-0.3, -0.25) is 9.69 Å². The van der Waals surface area contributed by atoms with Gasteiger partial charge in [-0.05, 0) is 75.9 Å². The van der Waals surface area contributed by atoms with Gasteiger partial charge in [-0.25, -0.2) is 0 Å². The van der Waals surface area contributed by atoms with E-state index >= 15 is 0 Å². The lowest BCUT2D eigenvalue weighted by atomic mass is 9.93. The molecule has 0 spiro atoms. The van der Waals surface area contributed by atoms with Gasteiger partial charge in [-0.15, -0.1) is 0 Å². The molecule has 1 atom stereocenters. The molecule has 0 saturated carbocycles. The fraction of sp³-hybridized carbons (Fsp3) is 0.696. The van der Waals surface area contributed by atoms with Gasteiger partial charge in [0, 0.05) is 18.8 Å². The Labute approximate surface area is 170 Å². The van der Waals surface area contributed by atoms with Crippen LogP contribution >= 0.6 is 0 Å². The number of benzene rings is 1. The molecule has 0 unspecified atom stereocenters. The van der Waals surface area contributed by atoms with Gasteiger partial charge < -0.3 is 14.8 Å². The van der Waals surface area contributed by atoms with Gasteiger partial charge in [0.15, 0.2) is 0 Å². The third-order valence-corrected chi connectivity index (χ3v) is 5.14. The van der Waals surface area contributed by atoms with Crippen LogP contribution in [0.2, 0.25) is 0 Å². The monoisotopic (exact) mass is 390 g/mol. The zero-order valence-corrected chi connectivity index (χ0v) is 18.1. The molecular weight excluding hydrogens is 352 g/mol. The summed E-state index contributed by atoms with van der Waals surface area (Å²) in [7, 11) is 0. The maximum Gasteiger partial charge on any atom is 0.256 e. The number of anilines is 1. The molecule has 5 heteroatoms. The highest BCUT2D eigenvalue weighted by Gasteiger charge is 2.34. The number of amides is 1. The van der Waals surface area contributed by atoms with Crippen LogP contribution in [0.15, 0.2) is 24.3 Å². The molecule has 1 fully saturated rings. The van der Waals surface area contributed by atoms with Crippen LogP contribution in [-0.4, -0.2) is 49.3 Å². The third-order valence-electron chi connectivity index (χ3n) is 5.14. The van der Waals surface area contributed by atoms with E-state index in [1.807, 2.05) is 31.2 Å². The van der Waals surface area contributed by atoms with Gasteiger partial charge in [0.1, 0.15) is 18.0 Å². The standard InChI is InChI=1S/C23H38N2O3/c1-5-16-28-23(4,18-19(2)3)22(26)24-20-9-11-21(12-10-20)27-17-15-25-13-7-6-8-14-25/h9-12,19H,5-8,13-18H2,1-4H3,(H,24,26)/t23-/m1/s1. The molecule has 5 nitrogen and oxygen atoms in total. The summed E-state index contributed by atoms with van der Waals surface area (Å²) >= 11 is 0. The summed E-state index contributed by atoms with van der Waals surface area (Å²) in [5.41, 5.74) is -0.0446. The first-order chi connectivity index (χ1) is 13.4. The number of rotatable bonds is 11. The van der Waals surface area contributed by atoms with E-state index in [1.54, 1.807) is 0 Å². The van der Waals surface area contributed by atoms with Gasteiger partial charge in [0.25, 0.3) is 5.91 Å². The smallest absolute Gasteiger partial charge is 0.256 e. The number of carbonyl (C=O) groups excluding carboxylic acids is 1. The molecular formula is C23H38N2O3. The zero-order chi connectivity index (χ0) is 20.4. The number of hydrogen-bond donors (Lipinski definition) is 1. The second kappa shape index (κ2) is 11.4. The van der Waals surface area contributed by atoms with Crippen molar-refractivity contribution in [3.05, 3.63) is 24.3 Å². The average Bonchev–Trinajstić information content (AvgIpc) is 2.68. The highest BCUT2D eigenvalue weighted by atomic mass is 16.5. The average molecular weight is 391 g/mol. The third kappa shape index (κ3) is 7.44. The predicted molar refractivity (Wildman–Crippen MR) is 115 cm³/mol. The minimum atomic E-state index is -0.812. The number of hydrogen-bond acceptors (Lipinski definition) is 4. The van der Waals surface area contributed by atoms with E-state index in [0.717, 1.165) is 24.4 Å². The number of carbonyl (C=O) groups is 1. The first-order valence-corrected chi connectivity index (χ1v) is 10.8. The molecule has 1 saturated heterocycles. The summed E-state index contributed by atoms with van der Waals surface area (Å²) in [4.78, 5) is 15.3. The molecule has 0 aromatic heterocycles. The Kier molecular flexibility index (Phi) is 9.26. The fourth-order valence-corrected chi connectivity index (χ4v) is 3.70. The first kappa shape index (κ1) is 22.7. The normalized spacial score (nSPS) is 17.3. The quantitative estimate of drug-likeness (QED) is 0.594. The van der Waals surface area contributed by atoms with Crippen LogP contribution in [0.1, 0.15) is 59.8 Å². The second-order valence-electron chi connectivity index (χ2n) is 8.41. The van der Waals surface area contributed by atoms with Crippen molar-refractivity contribution < 1.29 is 14.3 Å². The van der Waals surface area contributed by atoms with Gasteiger partial charge in [-0.1, -0.05) is 27.2 Å². The molecule has 0 aliphatic carbocycles. The molecule has 158 valence electrons. The Morgan fingerprint density at radius 3 is 2.43 bits per heavy atom. The number of ether oxygens (including phenoxy) is 2. The van der Waals surface area contributed by atoms with Crippen molar-refractivity contribution in [2.75, 3.05) is 38.2 Å². The number of piperidine rings is 1. The Bertz CT molecular complexity index is 582. The van der Waals surface area contributed by atoms with Crippen molar-refractivity contribution in [1.82, 2.24) is 4.90 Å². The number of likely N-dealkylation sites (tertiary alicyclic amines) is 1. The van der Waals surface area contributed by atoms with E-state index in [2.05, 4.69) is 31.0 Å². The topological polar surface area (TPSA) is 50.8 Å². The Morgan fingerprint density at radius 1 is 1.14 bits per heavy atom. The minimum Gasteiger partial charge on any atom is -0.492 e. The van der Waals surface area contributed by atoms with Gasteiger partial charge in [-0.2, -0.15) is 0 Å². The lowest BCUT2D eigenvalue weighted by molar-refractivity contribution is -0.141. The van der Waals surface area contributed by atoms with Crippen LogP contribution in [-0.2, 0) is 9.53 Å². The lowest BCUT2D eigenvalue weighted by Crippen LogP contribution is -2.44. The Morgan fingerprint density at radius 2 is 1.82 bits per heavy atom. The number of nitrogens with one attached hydrogen (secondary N) is 1. The summed E-state index contributed by atoms with van der Waals surface area (Å²) in [5, 5.41) is 3.00. The molecule has 1 aromatic rings. The molecule has 1 amide bonds. The van der Waals surface area contributed by atoms with Crippen LogP contribution in [0, 0.1) is 5.92 Å². The van der Waals surface area contributed by atoms with E-state index < -0.39 is 5.60 Å².